The summed E-state index contributed by atoms with van der Waals surface area (Å²) in [5.41, 5.74) is 1.56. The van der Waals surface area contributed by atoms with E-state index in [9.17, 15) is 18.0 Å². The molecule has 0 N–H and O–H groups in total. The molecular weight excluding hydrogens is 393 g/mol. The molecule has 0 fully saturated rings. The lowest BCUT2D eigenvalue weighted by Gasteiger charge is -2.19. The zero-order valence-electron chi connectivity index (χ0n) is 14.3. The maximum absolute atomic E-state index is 12.6. The summed E-state index contributed by atoms with van der Waals surface area (Å²) >= 11 is 5.92. The fraction of sp³-hybridized carbons (Fsp3) is 0.0952. The summed E-state index contributed by atoms with van der Waals surface area (Å²) in [7, 11) is 0. The van der Waals surface area contributed by atoms with Gasteiger partial charge in [0.05, 0.1) is 5.56 Å². The van der Waals surface area contributed by atoms with E-state index in [1.54, 1.807) is 24.3 Å². The first-order valence-electron chi connectivity index (χ1n) is 8.19. The molecule has 144 valence electrons. The summed E-state index contributed by atoms with van der Waals surface area (Å²) in [6.45, 7) is 0. The van der Waals surface area contributed by atoms with E-state index in [-0.39, 0.29) is 5.56 Å². The first-order chi connectivity index (χ1) is 13.3. The number of hydrogen-bond donors (Lipinski definition) is 0. The monoisotopic (exact) mass is 406 g/mol. The molecule has 0 unspecified atom stereocenters. The largest absolute Gasteiger partial charge is 0.573 e. The van der Waals surface area contributed by atoms with E-state index in [1.165, 1.54) is 12.1 Å². The van der Waals surface area contributed by atoms with E-state index >= 15 is 0 Å². The second kappa shape index (κ2) is 8.35. The van der Waals surface area contributed by atoms with Crippen molar-refractivity contribution in [1.82, 2.24) is 0 Å². The number of carbonyl (C=O) groups is 1. The number of alkyl halides is 3. The van der Waals surface area contributed by atoms with Crippen molar-refractivity contribution >= 4 is 17.6 Å². The van der Waals surface area contributed by atoms with Crippen LogP contribution in [-0.4, -0.2) is 12.3 Å². The van der Waals surface area contributed by atoms with Gasteiger partial charge in [0.2, 0.25) is 0 Å². The second-order valence-electron chi connectivity index (χ2n) is 5.82. The summed E-state index contributed by atoms with van der Waals surface area (Å²) in [6, 6.07) is 20.5. The van der Waals surface area contributed by atoms with Crippen LogP contribution in [0.1, 0.15) is 27.6 Å². The highest BCUT2D eigenvalue weighted by Crippen LogP contribution is 2.29. The van der Waals surface area contributed by atoms with Gasteiger partial charge in [-0.15, -0.1) is 13.2 Å². The quantitative estimate of drug-likeness (QED) is 0.474. The summed E-state index contributed by atoms with van der Waals surface area (Å²) in [4.78, 5) is 12.6. The molecule has 0 aliphatic carbocycles. The molecule has 3 nitrogen and oxygen atoms in total. The smallest absolute Gasteiger partial charge is 0.449 e. The van der Waals surface area contributed by atoms with Crippen LogP contribution in [0.25, 0.3) is 0 Å². The van der Waals surface area contributed by atoms with Crippen LogP contribution in [-0.2, 0) is 4.74 Å². The normalized spacial score (nSPS) is 12.3. The van der Waals surface area contributed by atoms with Crippen molar-refractivity contribution in [2.75, 3.05) is 0 Å². The third-order valence-electron chi connectivity index (χ3n) is 3.82. The Labute approximate surface area is 164 Å². The summed E-state index contributed by atoms with van der Waals surface area (Å²) < 4.78 is 46.2. The number of carbonyl (C=O) groups excluding carboxylic acids is 1. The van der Waals surface area contributed by atoms with Crippen molar-refractivity contribution in [3.8, 4) is 5.75 Å². The molecule has 0 heterocycles. The minimum atomic E-state index is -4.80. The van der Waals surface area contributed by atoms with Gasteiger partial charge in [-0.25, -0.2) is 4.79 Å². The molecule has 28 heavy (non-hydrogen) atoms. The Morgan fingerprint density at radius 3 is 1.96 bits per heavy atom. The fourth-order valence-corrected chi connectivity index (χ4v) is 2.69. The molecule has 0 spiro atoms. The average molecular weight is 407 g/mol. The van der Waals surface area contributed by atoms with Crippen LogP contribution in [0.5, 0.6) is 5.75 Å². The highest BCUT2D eigenvalue weighted by Gasteiger charge is 2.31. The number of halogens is 4. The predicted octanol–water partition coefficient (Wildman–Crippen LogP) is 6.19. The van der Waals surface area contributed by atoms with E-state index in [2.05, 4.69) is 4.74 Å². The SMILES string of the molecule is O=C(O[C@@H](c1ccccc1)c1ccc(Cl)cc1)c1ccc(OC(F)(F)F)cc1. The number of esters is 1. The van der Waals surface area contributed by atoms with Crippen LogP contribution in [0.3, 0.4) is 0 Å². The molecule has 1 atom stereocenters. The van der Waals surface area contributed by atoms with Crippen LogP contribution in [0.2, 0.25) is 5.02 Å². The van der Waals surface area contributed by atoms with Gasteiger partial charge >= 0.3 is 12.3 Å². The van der Waals surface area contributed by atoms with Crippen molar-refractivity contribution in [2.24, 2.45) is 0 Å². The molecule has 3 aromatic carbocycles. The van der Waals surface area contributed by atoms with E-state index in [1.807, 2.05) is 30.3 Å². The van der Waals surface area contributed by atoms with Gasteiger partial charge in [0.25, 0.3) is 0 Å². The molecule has 0 aliphatic heterocycles. The van der Waals surface area contributed by atoms with E-state index in [0.717, 1.165) is 17.7 Å². The fourth-order valence-electron chi connectivity index (χ4n) is 2.56. The molecule has 3 rings (SSSR count). The van der Waals surface area contributed by atoms with Gasteiger partial charge in [-0.2, -0.15) is 0 Å². The van der Waals surface area contributed by atoms with Gasteiger partial charge in [-0.3, -0.25) is 0 Å². The standard InChI is InChI=1S/C21H14ClF3O3/c22-17-10-6-15(7-11-17)19(14-4-2-1-3-5-14)27-20(26)16-8-12-18(13-9-16)28-21(23,24)25/h1-13,19H/t19-/m0/s1. The number of rotatable bonds is 5. The highest BCUT2D eigenvalue weighted by molar-refractivity contribution is 6.30. The Kier molecular flexibility index (Phi) is 5.90. The Morgan fingerprint density at radius 1 is 0.821 bits per heavy atom. The first kappa shape index (κ1) is 19.8. The summed E-state index contributed by atoms with van der Waals surface area (Å²) in [5.74, 6) is -1.09. The van der Waals surface area contributed by atoms with E-state index < -0.39 is 24.2 Å². The van der Waals surface area contributed by atoms with Crippen LogP contribution < -0.4 is 4.74 Å². The molecule has 3 aromatic rings. The number of hydrogen-bond acceptors (Lipinski definition) is 3. The van der Waals surface area contributed by atoms with Crippen molar-refractivity contribution in [2.45, 2.75) is 12.5 Å². The minimum absolute atomic E-state index is 0.101. The highest BCUT2D eigenvalue weighted by atomic mass is 35.5. The van der Waals surface area contributed by atoms with Crippen LogP contribution in [0, 0.1) is 0 Å². The molecule has 7 heteroatoms. The molecule has 0 saturated heterocycles. The third kappa shape index (κ3) is 5.27. The molecular formula is C21H14ClF3O3. The lowest BCUT2D eigenvalue weighted by Crippen LogP contribution is -2.17. The van der Waals surface area contributed by atoms with E-state index in [4.69, 9.17) is 16.3 Å². The molecule has 0 saturated carbocycles. The summed E-state index contributed by atoms with van der Waals surface area (Å²) in [5, 5.41) is 0.544. The Hall–Kier alpha value is -2.99. The predicted molar refractivity (Wildman–Crippen MR) is 98.3 cm³/mol. The van der Waals surface area contributed by atoms with Crippen molar-refractivity contribution in [3.63, 3.8) is 0 Å². The Bertz CT molecular complexity index is 924. The first-order valence-corrected chi connectivity index (χ1v) is 8.57. The second-order valence-corrected chi connectivity index (χ2v) is 6.26. The van der Waals surface area contributed by atoms with Gasteiger partial charge in [0.1, 0.15) is 5.75 Å². The Morgan fingerprint density at radius 2 is 1.39 bits per heavy atom. The van der Waals surface area contributed by atoms with Gasteiger partial charge in [-0.1, -0.05) is 54.1 Å². The van der Waals surface area contributed by atoms with Gasteiger partial charge in [-0.05, 0) is 47.5 Å². The molecule has 0 amide bonds. The van der Waals surface area contributed by atoms with Gasteiger partial charge in [0, 0.05) is 5.02 Å². The van der Waals surface area contributed by atoms with Gasteiger partial charge in [0.15, 0.2) is 6.10 Å². The third-order valence-corrected chi connectivity index (χ3v) is 4.08. The topological polar surface area (TPSA) is 35.5 Å². The van der Waals surface area contributed by atoms with E-state index in [0.29, 0.717) is 10.6 Å². The molecule has 0 radical (unpaired) electrons. The maximum Gasteiger partial charge on any atom is 0.573 e. The van der Waals surface area contributed by atoms with Crippen molar-refractivity contribution in [3.05, 3.63) is 101 Å². The van der Waals surface area contributed by atoms with Crippen LogP contribution in [0.4, 0.5) is 13.2 Å². The van der Waals surface area contributed by atoms with Crippen molar-refractivity contribution < 1.29 is 27.4 Å². The lowest BCUT2D eigenvalue weighted by molar-refractivity contribution is -0.274. The molecule has 0 aromatic heterocycles. The minimum Gasteiger partial charge on any atom is -0.449 e. The molecule has 0 bridgehead atoms. The Balaban J connectivity index is 1.82. The van der Waals surface area contributed by atoms with Crippen molar-refractivity contribution in [1.29, 1.82) is 0 Å². The summed E-state index contributed by atoms with van der Waals surface area (Å²) in [6.07, 6.45) is -5.49. The molecule has 0 aliphatic rings. The zero-order chi connectivity index (χ0) is 20.1. The average Bonchev–Trinajstić information content (AvgIpc) is 2.67. The maximum atomic E-state index is 12.6. The lowest BCUT2D eigenvalue weighted by atomic mass is 10.0. The van der Waals surface area contributed by atoms with Crippen LogP contribution >= 0.6 is 11.6 Å². The number of benzene rings is 3. The van der Waals surface area contributed by atoms with Gasteiger partial charge < -0.3 is 9.47 Å². The van der Waals surface area contributed by atoms with Crippen LogP contribution in [0.15, 0.2) is 78.9 Å². The number of ether oxygens (including phenoxy) is 2. The zero-order valence-corrected chi connectivity index (χ0v) is 15.1.